The van der Waals surface area contributed by atoms with Crippen molar-refractivity contribution in [1.82, 2.24) is 0 Å². The number of aliphatic carboxylic acids is 1. The number of carbonyl (C=O) groups is 1. The third-order valence-electron chi connectivity index (χ3n) is 4.52. The van der Waals surface area contributed by atoms with Gasteiger partial charge in [-0.05, 0) is 35.7 Å². The summed E-state index contributed by atoms with van der Waals surface area (Å²) in [6, 6.07) is 11.5. The molecule has 180 valence electrons. The molecule has 1 heterocycles. The molecule has 1 aliphatic heterocycles. The van der Waals surface area contributed by atoms with E-state index >= 15 is 0 Å². The number of sulfonamides is 1. The second-order valence-electron chi connectivity index (χ2n) is 6.83. The molecule has 0 aliphatic carbocycles. The van der Waals surface area contributed by atoms with Gasteiger partial charge in [-0.2, -0.15) is 0 Å². The highest BCUT2D eigenvalue weighted by atomic mass is 35.5. The van der Waals surface area contributed by atoms with Gasteiger partial charge in [0.15, 0.2) is 0 Å². The van der Waals surface area contributed by atoms with Crippen molar-refractivity contribution in [3.05, 3.63) is 58.6 Å². The molecule has 0 amide bonds. The fourth-order valence-corrected chi connectivity index (χ4v) is 4.41. The van der Waals surface area contributed by atoms with E-state index in [1.165, 1.54) is 30.3 Å². The molecule has 0 aromatic heterocycles. The first kappa shape index (κ1) is 29.9. The Bertz CT molecular complexity index is 947. The van der Waals surface area contributed by atoms with E-state index in [0.29, 0.717) is 22.7 Å². The molecule has 8 heteroatoms. The monoisotopic (exact) mass is 484 g/mol. The summed E-state index contributed by atoms with van der Waals surface area (Å²) in [4.78, 5) is 9.76. The fourth-order valence-electron chi connectivity index (χ4n) is 2.68. The Morgan fingerprint density at radius 2 is 1.59 bits per heavy atom. The largest absolute Gasteiger partial charge is 0.481 e. The average molecular weight is 485 g/mol. The number of para-hydroxylation sites is 1. The Hall–Kier alpha value is -2.09. The molecule has 0 fully saturated rings. The molecule has 6 nitrogen and oxygen atoms in total. The summed E-state index contributed by atoms with van der Waals surface area (Å²) < 4.78 is 26.6. The lowest BCUT2D eigenvalue weighted by Crippen LogP contribution is -2.26. The highest BCUT2D eigenvalue weighted by molar-refractivity contribution is 7.92. The lowest BCUT2D eigenvalue weighted by molar-refractivity contribution is -0.137. The minimum absolute atomic E-state index is 0.163. The van der Waals surface area contributed by atoms with Crippen molar-refractivity contribution in [3.8, 4) is 0 Å². The van der Waals surface area contributed by atoms with Crippen LogP contribution in [0.3, 0.4) is 0 Å². The minimum atomic E-state index is -3.66. The molecule has 3 N–H and O–H groups in total. The topological polar surface area (TPSA) is 101 Å². The molecule has 0 spiro atoms. The van der Waals surface area contributed by atoms with Crippen molar-refractivity contribution in [2.24, 2.45) is 5.73 Å². The van der Waals surface area contributed by atoms with Gasteiger partial charge in [0.25, 0.3) is 10.0 Å². The van der Waals surface area contributed by atoms with Crippen LogP contribution in [0, 0.1) is 0 Å². The summed E-state index contributed by atoms with van der Waals surface area (Å²) in [6.45, 7) is 10.2. The maximum Gasteiger partial charge on any atom is 0.303 e. The van der Waals surface area contributed by atoms with Gasteiger partial charge in [-0.25, -0.2) is 8.42 Å². The van der Waals surface area contributed by atoms with Gasteiger partial charge < -0.3 is 10.8 Å². The van der Waals surface area contributed by atoms with E-state index < -0.39 is 22.0 Å². The van der Waals surface area contributed by atoms with Crippen LogP contribution in [-0.4, -0.2) is 26.5 Å². The predicted octanol–water partition coefficient (Wildman–Crippen LogP) is 6.23. The number of rotatable bonds is 3. The van der Waals surface area contributed by atoms with Crippen molar-refractivity contribution in [3.63, 3.8) is 0 Å². The first-order valence-corrected chi connectivity index (χ1v) is 12.8. The summed E-state index contributed by atoms with van der Waals surface area (Å²) in [5.74, 6) is -0.711. The Morgan fingerprint density at radius 3 is 2.06 bits per heavy atom. The Kier molecular flexibility index (Phi) is 13.9. The Morgan fingerprint density at radius 1 is 1.03 bits per heavy atom. The van der Waals surface area contributed by atoms with Crippen molar-refractivity contribution < 1.29 is 18.3 Å². The number of unbranched alkanes of at least 4 members (excludes halogenated alkanes) is 1. The minimum Gasteiger partial charge on any atom is -0.481 e. The number of fused-ring (bicyclic) bond motifs is 2. The van der Waals surface area contributed by atoms with Gasteiger partial charge in [0.1, 0.15) is 0 Å². The zero-order valence-corrected chi connectivity index (χ0v) is 21.5. The third kappa shape index (κ3) is 8.11. The molecule has 0 radical (unpaired) electrons. The molecular formula is C24H37ClN2O4S. The number of carboxylic acids is 1. The predicted molar refractivity (Wildman–Crippen MR) is 134 cm³/mol. The number of carboxylic acid groups (broad SMARTS) is 1. The molecule has 32 heavy (non-hydrogen) atoms. The van der Waals surface area contributed by atoms with E-state index in [1.807, 2.05) is 32.9 Å². The summed E-state index contributed by atoms with van der Waals surface area (Å²) in [7, 11) is -2.13. The summed E-state index contributed by atoms with van der Waals surface area (Å²) >= 11 is 5.94. The quantitative estimate of drug-likeness (QED) is 0.537. The number of hydrogen-bond donors (Lipinski definition) is 2. The van der Waals surface area contributed by atoms with Crippen LogP contribution in [0.4, 0.5) is 5.69 Å². The summed E-state index contributed by atoms with van der Waals surface area (Å²) in [5.41, 5.74) is 8.19. The van der Waals surface area contributed by atoms with Gasteiger partial charge >= 0.3 is 5.97 Å². The molecule has 3 rings (SSSR count). The van der Waals surface area contributed by atoms with E-state index in [9.17, 15) is 13.2 Å². The van der Waals surface area contributed by atoms with Crippen LogP contribution >= 0.6 is 11.6 Å². The van der Waals surface area contributed by atoms with Gasteiger partial charge in [-0.1, -0.05) is 83.3 Å². The van der Waals surface area contributed by atoms with E-state index in [1.54, 1.807) is 24.3 Å². The number of anilines is 1. The number of benzene rings is 2. The first-order valence-electron chi connectivity index (χ1n) is 11.0. The lowest BCUT2D eigenvalue weighted by Gasteiger charge is -2.19. The fraction of sp³-hybridized carbons (Fsp3) is 0.458. The molecule has 2 aromatic carbocycles. The smallest absolute Gasteiger partial charge is 0.303 e. The molecule has 0 saturated heterocycles. The van der Waals surface area contributed by atoms with Gasteiger partial charge in [0, 0.05) is 18.5 Å². The second kappa shape index (κ2) is 14.9. The molecule has 1 unspecified atom stereocenters. The first-order chi connectivity index (χ1) is 15.1. The molecule has 0 bridgehead atoms. The van der Waals surface area contributed by atoms with Crippen molar-refractivity contribution in [2.45, 2.75) is 71.2 Å². The van der Waals surface area contributed by atoms with Crippen molar-refractivity contribution in [1.29, 1.82) is 0 Å². The van der Waals surface area contributed by atoms with Crippen molar-refractivity contribution >= 4 is 33.3 Å². The van der Waals surface area contributed by atoms with Crippen LogP contribution in [0.5, 0.6) is 0 Å². The normalized spacial score (nSPS) is 15.1. The average Bonchev–Trinajstić information content (AvgIpc) is 2.84. The molecule has 1 aliphatic rings. The van der Waals surface area contributed by atoms with Gasteiger partial charge in [-0.15, -0.1) is 0 Å². The molecule has 1 atom stereocenters. The maximum atomic E-state index is 12.7. The van der Waals surface area contributed by atoms with Crippen LogP contribution in [0.1, 0.15) is 77.5 Å². The number of nitrogens with zero attached hydrogens (tertiary/aromatic N) is 1. The van der Waals surface area contributed by atoms with Crippen LogP contribution in [-0.2, 0) is 14.8 Å². The standard InChI is InChI=1S/C14H13ClN2O2S.C4H8O2.C4H10.C2H6/c1-17-12-5-3-2-4-10(12)14(16)11-7-6-9(15)8-13(11)20(17,18)19;1-2-3-4(5)6;1-3-4-2;1-2/h2-8,14H,16H2,1H3;2-3H2,1H3,(H,5,6);3-4H2,1-2H3;1-2H3. The van der Waals surface area contributed by atoms with E-state index in [2.05, 4.69) is 13.8 Å². The van der Waals surface area contributed by atoms with Crippen LogP contribution in [0.15, 0.2) is 47.4 Å². The van der Waals surface area contributed by atoms with E-state index in [0.717, 1.165) is 12.0 Å². The maximum absolute atomic E-state index is 12.7. The molecular weight excluding hydrogens is 448 g/mol. The van der Waals surface area contributed by atoms with Crippen LogP contribution < -0.4 is 10.0 Å². The van der Waals surface area contributed by atoms with Crippen molar-refractivity contribution in [2.75, 3.05) is 11.4 Å². The third-order valence-corrected chi connectivity index (χ3v) is 6.59. The SMILES string of the molecule is CC.CCCC.CCCC(=O)O.CN1c2ccccc2C(N)c2ccc(Cl)cc2S1(=O)=O. The number of nitrogens with two attached hydrogens (primary N) is 1. The second-order valence-corrected chi connectivity index (χ2v) is 9.21. The zero-order valence-electron chi connectivity index (χ0n) is 19.9. The summed E-state index contributed by atoms with van der Waals surface area (Å²) in [5, 5.41) is 8.29. The lowest BCUT2D eigenvalue weighted by atomic mass is 9.98. The Labute approximate surface area is 198 Å². The summed E-state index contributed by atoms with van der Waals surface area (Å²) in [6.07, 6.45) is 3.66. The van der Waals surface area contributed by atoms with E-state index in [-0.39, 0.29) is 4.90 Å². The highest BCUT2D eigenvalue weighted by Crippen LogP contribution is 2.39. The molecule has 2 aromatic rings. The zero-order chi connectivity index (χ0) is 24.9. The Balaban J connectivity index is 0.000000671. The van der Waals surface area contributed by atoms with Crippen LogP contribution in [0.2, 0.25) is 5.02 Å². The van der Waals surface area contributed by atoms with Crippen LogP contribution in [0.25, 0.3) is 0 Å². The van der Waals surface area contributed by atoms with Gasteiger partial charge in [0.2, 0.25) is 0 Å². The van der Waals surface area contributed by atoms with Gasteiger partial charge in [-0.3, -0.25) is 9.10 Å². The number of halogens is 1. The van der Waals surface area contributed by atoms with E-state index in [4.69, 9.17) is 22.4 Å². The van der Waals surface area contributed by atoms with Gasteiger partial charge in [0.05, 0.1) is 16.6 Å². The number of hydrogen-bond acceptors (Lipinski definition) is 4. The highest BCUT2D eigenvalue weighted by Gasteiger charge is 2.33. The molecule has 0 saturated carbocycles.